The fraction of sp³-hybridized carbons (Fsp3) is 0.583. The number of aliphatic hydroxyl groups excluding tert-OH is 1. The molecule has 1 aliphatic heterocycles. The van der Waals surface area contributed by atoms with Crippen molar-refractivity contribution >= 4 is 0 Å². The monoisotopic (exact) mass is 253 g/mol. The first-order valence-electron chi connectivity index (χ1n) is 6.05. The van der Waals surface area contributed by atoms with E-state index in [1.54, 1.807) is 13.1 Å². The molecule has 6 heteroatoms. The predicted molar refractivity (Wildman–Crippen MR) is 65.8 cm³/mol. The van der Waals surface area contributed by atoms with Crippen LogP contribution in [0.2, 0.25) is 0 Å². The van der Waals surface area contributed by atoms with Crippen molar-refractivity contribution in [2.24, 2.45) is 0 Å². The molecule has 100 valence electrons. The van der Waals surface area contributed by atoms with Crippen molar-refractivity contribution in [1.29, 1.82) is 0 Å². The van der Waals surface area contributed by atoms with Crippen LogP contribution in [0.3, 0.4) is 0 Å². The molecule has 6 nitrogen and oxygen atoms in total. The average molecular weight is 253 g/mol. The molecule has 1 aromatic heterocycles. The number of pyridine rings is 1. The fourth-order valence-corrected chi connectivity index (χ4v) is 1.93. The van der Waals surface area contributed by atoms with E-state index in [0.717, 1.165) is 13.1 Å². The maximum absolute atomic E-state index is 9.98. The van der Waals surface area contributed by atoms with Crippen LogP contribution in [0.25, 0.3) is 0 Å². The lowest BCUT2D eigenvalue weighted by Crippen LogP contribution is -2.45. The number of morpholine rings is 1. The average Bonchev–Trinajstić information content (AvgIpc) is 2.41. The van der Waals surface area contributed by atoms with Crippen molar-refractivity contribution < 1.29 is 14.9 Å². The lowest BCUT2D eigenvalue weighted by atomic mass is 10.1. The summed E-state index contributed by atoms with van der Waals surface area (Å²) in [5.41, 5.74) is 5.17. The van der Waals surface area contributed by atoms with Crippen molar-refractivity contribution in [3.05, 3.63) is 23.0 Å². The van der Waals surface area contributed by atoms with Crippen molar-refractivity contribution in [1.82, 2.24) is 15.4 Å². The molecule has 2 rings (SSSR count). The summed E-state index contributed by atoms with van der Waals surface area (Å²) < 4.78 is 5.26. The molecular formula is C12H19N3O3. The number of ether oxygens (including phenoxy) is 1. The third-order valence-electron chi connectivity index (χ3n) is 3.09. The van der Waals surface area contributed by atoms with Gasteiger partial charge in [-0.05, 0) is 6.92 Å². The molecule has 0 atom stereocenters. The molecule has 1 saturated heterocycles. The van der Waals surface area contributed by atoms with Gasteiger partial charge in [0.25, 0.3) is 0 Å². The highest BCUT2D eigenvalue weighted by Crippen LogP contribution is 2.23. The minimum absolute atomic E-state index is 0.124. The number of hydrazine groups is 1. The Bertz CT molecular complexity index is 406. The smallest absolute Gasteiger partial charge is 0.141 e. The second-order valence-corrected chi connectivity index (χ2v) is 4.29. The molecule has 1 fully saturated rings. The number of hydrogen-bond acceptors (Lipinski definition) is 6. The molecule has 0 saturated carbocycles. The number of aromatic hydroxyl groups is 1. The number of hydrogen-bond donors (Lipinski definition) is 3. The molecule has 1 aliphatic rings. The second kappa shape index (κ2) is 6.10. The number of aliphatic hydroxyl groups is 1. The third kappa shape index (κ3) is 2.97. The second-order valence-electron chi connectivity index (χ2n) is 4.29. The van der Waals surface area contributed by atoms with Crippen LogP contribution in [0, 0.1) is 6.92 Å². The van der Waals surface area contributed by atoms with Gasteiger partial charge in [-0.15, -0.1) is 0 Å². The van der Waals surface area contributed by atoms with Gasteiger partial charge in [0, 0.05) is 37.0 Å². The number of nitrogens with zero attached hydrogens (tertiary/aromatic N) is 2. The Morgan fingerprint density at radius 1 is 1.44 bits per heavy atom. The highest BCUT2D eigenvalue weighted by atomic mass is 16.5. The van der Waals surface area contributed by atoms with E-state index in [-0.39, 0.29) is 12.4 Å². The van der Waals surface area contributed by atoms with Crippen LogP contribution in [0.4, 0.5) is 0 Å². The summed E-state index contributed by atoms with van der Waals surface area (Å²) in [6.45, 7) is 5.15. The lowest BCUT2D eigenvalue weighted by molar-refractivity contribution is 0.0103. The Balaban J connectivity index is 2.05. The van der Waals surface area contributed by atoms with Gasteiger partial charge in [0.05, 0.1) is 25.5 Å². The highest BCUT2D eigenvalue weighted by molar-refractivity contribution is 5.40. The lowest BCUT2D eigenvalue weighted by Gasteiger charge is -2.27. The molecule has 3 N–H and O–H groups in total. The zero-order chi connectivity index (χ0) is 13.0. The van der Waals surface area contributed by atoms with Crippen molar-refractivity contribution in [2.45, 2.75) is 20.1 Å². The van der Waals surface area contributed by atoms with E-state index in [4.69, 9.17) is 4.74 Å². The maximum atomic E-state index is 9.98. The first kappa shape index (κ1) is 13.2. The summed E-state index contributed by atoms with van der Waals surface area (Å²) in [4.78, 5) is 4.03. The first-order chi connectivity index (χ1) is 8.72. The van der Waals surface area contributed by atoms with Gasteiger partial charge in [0.1, 0.15) is 5.75 Å². The summed E-state index contributed by atoms with van der Waals surface area (Å²) in [5.74, 6) is 0.155. The van der Waals surface area contributed by atoms with E-state index in [1.807, 2.05) is 0 Å². The Kier molecular flexibility index (Phi) is 4.48. The van der Waals surface area contributed by atoms with Crippen molar-refractivity contribution in [2.75, 3.05) is 26.3 Å². The molecule has 18 heavy (non-hydrogen) atoms. The van der Waals surface area contributed by atoms with E-state index in [9.17, 15) is 10.2 Å². The normalized spacial score (nSPS) is 17.0. The van der Waals surface area contributed by atoms with Crippen LogP contribution in [0.15, 0.2) is 6.20 Å². The van der Waals surface area contributed by atoms with Gasteiger partial charge >= 0.3 is 0 Å². The molecule has 0 radical (unpaired) electrons. The summed E-state index contributed by atoms with van der Waals surface area (Å²) in [6.07, 6.45) is 1.60. The molecule has 0 aliphatic carbocycles. The zero-order valence-corrected chi connectivity index (χ0v) is 10.5. The minimum atomic E-state index is -0.124. The largest absolute Gasteiger partial charge is 0.506 e. The van der Waals surface area contributed by atoms with E-state index in [0.29, 0.717) is 36.6 Å². The fourth-order valence-electron chi connectivity index (χ4n) is 1.93. The minimum Gasteiger partial charge on any atom is -0.506 e. The number of nitrogens with one attached hydrogen (secondary N) is 1. The molecule has 0 amide bonds. The van der Waals surface area contributed by atoms with Gasteiger partial charge in [-0.3, -0.25) is 10.4 Å². The van der Waals surface area contributed by atoms with Gasteiger partial charge in [-0.25, -0.2) is 5.01 Å². The van der Waals surface area contributed by atoms with Crippen LogP contribution in [-0.4, -0.2) is 46.5 Å². The molecule has 0 aromatic carbocycles. The molecule has 0 bridgehead atoms. The number of rotatable bonds is 4. The Morgan fingerprint density at radius 2 is 2.17 bits per heavy atom. The van der Waals surface area contributed by atoms with Crippen LogP contribution < -0.4 is 5.43 Å². The Labute approximate surface area is 106 Å². The number of aryl methyl sites for hydroxylation is 1. The molecule has 1 aromatic rings. The quantitative estimate of drug-likeness (QED) is 0.697. The Hall–Kier alpha value is -1.21. The van der Waals surface area contributed by atoms with Gasteiger partial charge in [-0.2, -0.15) is 0 Å². The molecule has 0 unspecified atom stereocenters. The third-order valence-corrected chi connectivity index (χ3v) is 3.09. The zero-order valence-electron chi connectivity index (χ0n) is 10.5. The van der Waals surface area contributed by atoms with E-state index in [2.05, 4.69) is 15.4 Å². The van der Waals surface area contributed by atoms with Crippen LogP contribution in [-0.2, 0) is 17.9 Å². The van der Waals surface area contributed by atoms with Crippen molar-refractivity contribution in [3.63, 3.8) is 0 Å². The summed E-state index contributed by atoms with van der Waals surface area (Å²) in [6, 6.07) is 0. The van der Waals surface area contributed by atoms with Crippen LogP contribution in [0.5, 0.6) is 5.75 Å². The summed E-state index contributed by atoms with van der Waals surface area (Å²) in [5, 5.41) is 21.3. The van der Waals surface area contributed by atoms with E-state index < -0.39 is 0 Å². The SMILES string of the molecule is Cc1ncc(CO)c(CNN2CCOCC2)c1O. The maximum Gasteiger partial charge on any atom is 0.141 e. The van der Waals surface area contributed by atoms with Crippen LogP contribution in [0.1, 0.15) is 16.8 Å². The van der Waals surface area contributed by atoms with E-state index in [1.165, 1.54) is 0 Å². The van der Waals surface area contributed by atoms with E-state index >= 15 is 0 Å². The predicted octanol–water partition coefficient (Wildman–Crippen LogP) is -0.0753. The van der Waals surface area contributed by atoms with Gasteiger partial charge in [0.2, 0.25) is 0 Å². The van der Waals surface area contributed by atoms with Crippen LogP contribution >= 0.6 is 0 Å². The van der Waals surface area contributed by atoms with Gasteiger partial charge in [-0.1, -0.05) is 0 Å². The first-order valence-corrected chi connectivity index (χ1v) is 6.05. The van der Waals surface area contributed by atoms with Gasteiger partial charge < -0.3 is 14.9 Å². The molecule has 2 heterocycles. The topological polar surface area (TPSA) is 77.9 Å². The molecule has 0 spiro atoms. The summed E-state index contributed by atoms with van der Waals surface area (Å²) >= 11 is 0. The highest BCUT2D eigenvalue weighted by Gasteiger charge is 2.14. The Morgan fingerprint density at radius 3 is 2.83 bits per heavy atom. The number of aromatic nitrogens is 1. The summed E-state index contributed by atoms with van der Waals surface area (Å²) in [7, 11) is 0. The van der Waals surface area contributed by atoms with Crippen molar-refractivity contribution in [3.8, 4) is 5.75 Å². The van der Waals surface area contributed by atoms with Gasteiger partial charge in [0.15, 0.2) is 0 Å². The molecular weight excluding hydrogens is 234 g/mol. The standard InChI is InChI=1S/C12H19N3O3/c1-9-12(17)11(10(8-16)6-13-9)7-14-15-2-4-18-5-3-15/h6,14,16-17H,2-5,7-8H2,1H3.